The van der Waals surface area contributed by atoms with Gasteiger partial charge in [-0.2, -0.15) is 0 Å². The molecule has 0 aliphatic heterocycles. The molecule has 0 aliphatic carbocycles. The van der Waals surface area contributed by atoms with Crippen molar-refractivity contribution in [2.45, 2.75) is 26.4 Å². The Morgan fingerprint density at radius 1 is 1.50 bits per heavy atom. The molecule has 1 rings (SSSR count). The van der Waals surface area contributed by atoms with E-state index in [1.807, 2.05) is 6.92 Å². The van der Waals surface area contributed by atoms with Crippen molar-refractivity contribution < 1.29 is 10.0 Å². The van der Waals surface area contributed by atoms with Crippen molar-refractivity contribution in [1.82, 2.24) is 0 Å². The van der Waals surface area contributed by atoms with Crippen molar-refractivity contribution in [2.75, 3.05) is 0 Å². The maximum Gasteiger partial charge on any atom is 0.274 e. The Hall–Kier alpha value is -1.13. The van der Waals surface area contributed by atoms with Gasteiger partial charge in [0.15, 0.2) is 0 Å². The summed E-state index contributed by atoms with van der Waals surface area (Å²) >= 11 is 5.94. The molecular formula is C11H14ClNO3. The van der Waals surface area contributed by atoms with Crippen molar-refractivity contribution in [2.24, 2.45) is 5.92 Å². The van der Waals surface area contributed by atoms with Crippen LogP contribution in [-0.4, -0.2) is 16.1 Å². The monoisotopic (exact) mass is 243 g/mol. The third-order valence-electron chi connectivity index (χ3n) is 2.64. The summed E-state index contributed by atoms with van der Waals surface area (Å²) in [4.78, 5) is 10.4. The van der Waals surface area contributed by atoms with E-state index in [4.69, 9.17) is 11.6 Å². The Balaban J connectivity index is 3.06. The van der Waals surface area contributed by atoms with Crippen LogP contribution in [0.1, 0.15) is 19.4 Å². The number of aliphatic hydroxyl groups excluding tert-OH is 1. The summed E-state index contributed by atoms with van der Waals surface area (Å²) < 4.78 is 0. The first-order chi connectivity index (χ1) is 7.43. The molecule has 0 radical (unpaired) electrons. The van der Waals surface area contributed by atoms with Crippen LogP contribution in [0.2, 0.25) is 5.02 Å². The van der Waals surface area contributed by atoms with Gasteiger partial charge in [-0.3, -0.25) is 10.1 Å². The minimum Gasteiger partial charge on any atom is -0.393 e. The summed E-state index contributed by atoms with van der Waals surface area (Å²) in [5.41, 5.74) is 0.502. The molecule has 5 heteroatoms. The Bertz CT molecular complexity index is 393. The highest BCUT2D eigenvalue weighted by Gasteiger charge is 2.20. The maximum atomic E-state index is 10.8. The Morgan fingerprint density at radius 2 is 2.12 bits per heavy atom. The van der Waals surface area contributed by atoms with Gasteiger partial charge in [0.1, 0.15) is 0 Å². The molecule has 0 saturated carbocycles. The van der Waals surface area contributed by atoms with Crippen LogP contribution in [0.15, 0.2) is 18.2 Å². The lowest BCUT2D eigenvalue weighted by molar-refractivity contribution is -0.385. The number of hydrogen-bond acceptors (Lipinski definition) is 3. The zero-order chi connectivity index (χ0) is 12.3. The molecule has 0 fully saturated rings. The van der Waals surface area contributed by atoms with Crippen LogP contribution in [0.3, 0.4) is 0 Å². The van der Waals surface area contributed by atoms with Crippen molar-refractivity contribution in [3.05, 3.63) is 38.9 Å². The lowest BCUT2D eigenvalue weighted by Crippen LogP contribution is -2.16. The number of nitro benzene ring substituents is 1. The van der Waals surface area contributed by atoms with Crippen LogP contribution in [0.4, 0.5) is 5.69 Å². The quantitative estimate of drug-likeness (QED) is 0.653. The largest absolute Gasteiger partial charge is 0.393 e. The Kier molecular flexibility index (Phi) is 4.26. The van der Waals surface area contributed by atoms with E-state index in [1.54, 1.807) is 19.1 Å². The first-order valence-corrected chi connectivity index (χ1v) is 5.41. The SMILES string of the molecule is CC(O)C(C)Cc1c(Cl)cccc1[N+](=O)[O-]. The van der Waals surface area contributed by atoms with E-state index in [1.165, 1.54) is 6.07 Å². The number of benzene rings is 1. The van der Waals surface area contributed by atoms with Gasteiger partial charge in [0.25, 0.3) is 5.69 Å². The molecule has 1 aromatic rings. The highest BCUT2D eigenvalue weighted by atomic mass is 35.5. The van der Waals surface area contributed by atoms with E-state index in [2.05, 4.69) is 0 Å². The van der Waals surface area contributed by atoms with E-state index in [0.717, 1.165) is 0 Å². The lowest BCUT2D eigenvalue weighted by Gasteiger charge is -2.15. The maximum absolute atomic E-state index is 10.8. The molecule has 0 saturated heterocycles. The van der Waals surface area contributed by atoms with Crippen LogP contribution in [-0.2, 0) is 6.42 Å². The molecule has 0 aliphatic rings. The highest BCUT2D eigenvalue weighted by Crippen LogP contribution is 2.29. The van der Waals surface area contributed by atoms with Crippen LogP contribution >= 0.6 is 11.6 Å². The Morgan fingerprint density at radius 3 is 2.62 bits per heavy atom. The third-order valence-corrected chi connectivity index (χ3v) is 2.99. The molecule has 0 bridgehead atoms. The molecule has 0 amide bonds. The molecule has 0 heterocycles. The second-order valence-electron chi connectivity index (χ2n) is 3.92. The zero-order valence-corrected chi connectivity index (χ0v) is 9.94. The smallest absolute Gasteiger partial charge is 0.274 e. The summed E-state index contributed by atoms with van der Waals surface area (Å²) in [6.45, 7) is 3.49. The number of halogens is 1. The summed E-state index contributed by atoms with van der Waals surface area (Å²) in [6, 6.07) is 4.60. The minimum atomic E-state index is -0.518. The lowest BCUT2D eigenvalue weighted by atomic mass is 9.96. The fraction of sp³-hybridized carbons (Fsp3) is 0.455. The normalized spacial score (nSPS) is 14.5. The average molecular weight is 244 g/mol. The van der Waals surface area contributed by atoms with Gasteiger partial charge in [0, 0.05) is 11.6 Å². The molecule has 16 heavy (non-hydrogen) atoms. The van der Waals surface area contributed by atoms with E-state index in [-0.39, 0.29) is 11.6 Å². The second-order valence-corrected chi connectivity index (χ2v) is 4.32. The van der Waals surface area contributed by atoms with E-state index in [0.29, 0.717) is 17.0 Å². The molecule has 4 nitrogen and oxygen atoms in total. The highest BCUT2D eigenvalue weighted by molar-refractivity contribution is 6.31. The van der Waals surface area contributed by atoms with E-state index < -0.39 is 11.0 Å². The molecule has 2 unspecified atom stereocenters. The van der Waals surface area contributed by atoms with Crippen LogP contribution in [0, 0.1) is 16.0 Å². The van der Waals surface area contributed by atoms with Gasteiger partial charge < -0.3 is 5.11 Å². The molecule has 0 spiro atoms. The Labute approximate surface area is 99.0 Å². The number of rotatable bonds is 4. The van der Waals surface area contributed by atoms with Crippen LogP contribution in [0.5, 0.6) is 0 Å². The van der Waals surface area contributed by atoms with Gasteiger partial charge in [-0.1, -0.05) is 24.6 Å². The van der Waals surface area contributed by atoms with Crippen molar-refractivity contribution >= 4 is 17.3 Å². The number of hydrogen-bond donors (Lipinski definition) is 1. The fourth-order valence-electron chi connectivity index (χ4n) is 1.41. The zero-order valence-electron chi connectivity index (χ0n) is 9.18. The van der Waals surface area contributed by atoms with E-state index in [9.17, 15) is 15.2 Å². The molecule has 0 aromatic heterocycles. The van der Waals surface area contributed by atoms with Crippen molar-refractivity contribution in [3.8, 4) is 0 Å². The van der Waals surface area contributed by atoms with Gasteiger partial charge in [-0.05, 0) is 25.3 Å². The van der Waals surface area contributed by atoms with Gasteiger partial charge >= 0.3 is 0 Å². The first-order valence-electron chi connectivity index (χ1n) is 5.03. The number of aliphatic hydroxyl groups is 1. The molecular weight excluding hydrogens is 230 g/mol. The molecule has 2 atom stereocenters. The van der Waals surface area contributed by atoms with Crippen molar-refractivity contribution in [1.29, 1.82) is 0 Å². The average Bonchev–Trinajstić information content (AvgIpc) is 2.20. The summed E-state index contributed by atoms with van der Waals surface area (Å²) in [5, 5.41) is 20.6. The summed E-state index contributed by atoms with van der Waals surface area (Å²) in [5.74, 6) is -0.0707. The second kappa shape index (κ2) is 5.27. The van der Waals surface area contributed by atoms with Gasteiger partial charge in [-0.15, -0.1) is 0 Å². The van der Waals surface area contributed by atoms with Crippen LogP contribution < -0.4 is 0 Å². The third kappa shape index (κ3) is 2.93. The van der Waals surface area contributed by atoms with Gasteiger partial charge in [0.2, 0.25) is 0 Å². The summed E-state index contributed by atoms with van der Waals surface area (Å²) in [7, 11) is 0. The number of nitrogens with zero attached hydrogens (tertiary/aromatic N) is 1. The minimum absolute atomic E-state index is 0.0139. The first kappa shape index (κ1) is 12.9. The molecule has 1 N–H and O–H groups in total. The fourth-order valence-corrected chi connectivity index (χ4v) is 1.66. The predicted octanol–water partition coefficient (Wildman–Crippen LogP) is 2.81. The van der Waals surface area contributed by atoms with Gasteiger partial charge in [0.05, 0.1) is 16.0 Å². The molecule has 1 aromatic carbocycles. The van der Waals surface area contributed by atoms with Crippen molar-refractivity contribution in [3.63, 3.8) is 0 Å². The van der Waals surface area contributed by atoms with Gasteiger partial charge in [-0.25, -0.2) is 0 Å². The van der Waals surface area contributed by atoms with Crippen LogP contribution in [0.25, 0.3) is 0 Å². The molecule has 88 valence electrons. The summed E-state index contributed by atoms with van der Waals surface area (Å²) in [6.07, 6.45) is -0.121. The van der Waals surface area contributed by atoms with E-state index >= 15 is 0 Å². The predicted molar refractivity (Wildman–Crippen MR) is 62.7 cm³/mol. The topological polar surface area (TPSA) is 63.4 Å². The standard InChI is InChI=1S/C11H14ClNO3/c1-7(8(2)14)6-9-10(12)4-3-5-11(9)13(15)16/h3-5,7-8,14H,6H2,1-2H3. The number of nitro groups is 1.